The Balaban J connectivity index is 2.33. The molecule has 18 heavy (non-hydrogen) atoms. The molecule has 6 heteroatoms. The van der Waals surface area contributed by atoms with E-state index in [2.05, 4.69) is 29.5 Å². The SMILES string of the molecule is CCC(C)c1csc(NC(=O)NCCCOC)n1. The maximum absolute atomic E-state index is 11.5. The van der Waals surface area contributed by atoms with Gasteiger partial charge in [0.15, 0.2) is 5.13 Å². The number of ether oxygens (including phenoxy) is 1. The summed E-state index contributed by atoms with van der Waals surface area (Å²) in [4.78, 5) is 15.9. The molecule has 1 atom stereocenters. The number of urea groups is 1. The van der Waals surface area contributed by atoms with Crippen LogP contribution in [0.15, 0.2) is 5.38 Å². The predicted molar refractivity (Wildman–Crippen MR) is 74.3 cm³/mol. The first-order valence-corrected chi connectivity index (χ1v) is 7.04. The van der Waals surface area contributed by atoms with Gasteiger partial charge in [-0.05, 0) is 18.8 Å². The van der Waals surface area contributed by atoms with Gasteiger partial charge in [-0.2, -0.15) is 0 Å². The Morgan fingerprint density at radius 2 is 2.39 bits per heavy atom. The zero-order chi connectivity index (χ0) is 13.4. The van der Waals surface area contributed by atoms with Crippen molar-refractivity contribution in [3.63, 3.8) is 0 Å². The van der Waals surface area contributed by atoms with E-state index in [9.17, 15) is 4.79 Å². The van der Waals surface area contributed by atoms with Crippen LogP contribution < -0.4 is 10.6 Å². The number of hydrogen-bond acceptors (Lipinski definition) is 4. The van der Waals surface area contributed by atoms with Crippen molar-refractivity contribution in [2.45, 2.75) is 32.6 Å². The van der Waals surface area contributed by atoms with E-state index >= 15 is 0 Å². The number of thiazole rings is 1. The Morgan fingerprint density at radius 3 is 3.06 bits per heavy atom. The highest BCUT2D eigenvalue weighted by atomic mass is 32.1. The summed E-state index contributed by atoms with van der Waals surface area (Å²) < 4.78 is 4.90. The van der Waals surface area contributed by atoms with Crippen molar-refractivity contribution in [2.24, 2.45) is 0 Å². The second kappa shape index (κ2) is 8.05. The number of hydrogen-bond donors (Lipinski definition) is 2. The third-order valence-electron chi connectivity index (χ3n) is 2.67. The van der Waals surface area contributed by atoms with Crippen LogP contribution in [-0.4, -0.2) is 31.3 Å². The molecule has 0 saturated carbocycles. The Morgan fingerprint density at radius 1 is 1.61 bits per heavy atom. The van der Waals surface area contributed by atoms with Gasteiger partial charge in [-0.15, -0.1) is 11.3 Å². The van der Waals surface area contributed by atoms with Gasteiger partial charge in [-0.3, -0.25) is 5.32 Å². The summed E-state index contributed by atoms with van der Waals surface area (Å²) in [5.41, 5.74) is 1.04. The topological polar surface area (TPSA) is 63.2 Å². The molecule has 0 saturated heterocycles. The number of nitrogens with one attached hydrogen (secondary N) is 2. The van der Waals surface area contributed by atoms with Crippen molar-refractivity contribution in [2.75, 3.05) is 25.6 Å². The van der Waals surface area contributed by atoms with Gasteiger partial charge in [0, 0.05) is 25.6 Å². The van der Waals surface area contributed by atoms with Gasteiger partial charge in [0.25, 0.3) is 0 Å². The van der Waals surface area contributed by atoms with Crippen molar-refractivity contribution in [3.05, 3.63) is 11.1 Å². The van der Waals surface area contributed by atoms with Gasteiger partial charge in [-0.1, -0.05) is 13.8 Å². The fourth-order valence-electron chi connectivity index (χ4n) is 1.34. The lowest BCUT2D eigenvalue weighted by atomic mass is 10.1. The summed E-state index contributed by atoms with van der Waals surface area (Å²) in [7, 11) is 1.64. The van der Waals surface area contributed by atoms with E-state index in [4.69, 9.17) is 4.74 Å². The van der Waals surface area contributed by atoms with E-state index in [1.807, 2.05) is 5.38 Å². The minimum Gasteiger partial charge on any atom is -0.385 e. The average molecular weight is 271 g/mol. The van der Waals surface area contributed by atoms with E-state index < -0.39 is 0 Å². The quantitative estimate of drug-likeness (QED) is 0.750. The Kier molecular flexibility index (Phi) is 6.67. The minimum absolute atomic E-state index is 0.212. The van der Waals surface area contributed by atoms with E-state index in [-0.39, 0.29) is 6.03 Å². The maximum Gasteiger partial charge on any atom is 0.321 e. The lowest BCUT2D eigenvalue weighted by Gasteiger charge is -2.05. The van der Waals surface area contributed by atoms with E-state index in [0.29, 0.717) is 24.2 Å². The van der Waals surface area contributed by atoms with Crippen LogP contribution >= 0.6 is 11.3 Å². The van der Waals surface area contributed by atoms with Crippen LogP contribution in [0.5, 0.6) is 0 Å². The highest BCUT2D eigenvalue weighted by molar-refractivity contribution is 7.13. The third-order valence-corrected chi connectivity index (χ3v) is 3.45. The molecule has 0 fully saturated rings. The number of carbonyl (C=O) groups excluding carboxylic acids is 1. The Labute approximate surface area is 112 Å². The fourth-order valence-corrected chi connectivity index (χ4v) is 2.17. The van der Waals surface area contributed by atoms with Crippen LogP contribution in [0, 0.1) is 0 Å². The first-order valence-electron chi connectivity index (χ1n) is 6.16. The molecule has 5 nitrogen and oxygen atoms in total. The number of anilines is 1. The Hall–Kier alpha value is -1.14. The van der Waals surface area contributed by atoms with Gasteiger partial charge in [-0.25, -0.2) is 9.78 Å². The molecule has 1 heterocycles. The summed E-state index contributed by atoms with van der Waals surface area (Å²) >= 11 is 1.46. The van der Waals surface area contributed by atoms with Crippen molar-refractivity contribution in [1.29, 1.82) is 0 Å². The summed E-state index contributed by atoms with van der Waals surface area (Å²) in [6.45, 7) is 5.50. The molecule has 0 aliphatic heterocycles. The molecule has 0 spiro atoms. The lowest BCUT2D eigenvalue weighted by molar-refractivity contribution is 0.194. The van der Waals surface area contributed by atoms with Crippen LogP contribution in [0.4, 0.5) is 9.93 Å². The molecule has 0 aromatic carbocycles. The molecule has 2 N–H and O–H groups in total. The van der Waals surface area contributed by atoms with Gasteiger partial charge in [0.1, 0.15) is 0 Å². The first-order chi connectivity index (χ1) is 8.67. The standard InChI is InChI=1S/C12H21N3O2S/c1-4-9(2)10-8-18-12(14-10)15-11(16)13-6-5-7-17-3/h8-9H,4-7H2,1-3H3,(H2,13,14,15,16). The average Bonchev–Trinajstić information content (AvgIpc) is 2.82. The molecule has 0 aliphatic rings. The van der Waals surface area contributed by atoms with Crippen LogP contribution in [0.3, 0.4) is 0 Å². The number of amides is 2. The number of aromatic nitrogens is 1. The second-order valence-electron chi connectivity index (χ2n) is 4.11. The monoisotopic (exact) mass is 271 g/mol. The Bertz CT molecular complexity index is 368. The van der Waals surface area contributed by atoms with Gasteiger partial charge < -0.3 is 10.1 Å². The molecule has 1 aromatic rings. The molecular weight excluding hydrogens is 250 g/mol. The molecule has 0 aliphatic carbocycles. The zero-order valence-electron chi connectivity index (χ0n) is 11.2. The summed E-state index contributed by atoms with van der Waals surface area (Å²) in [6, 6.07) is -0.212. The molecule has 1 aromatic heterocycles. The predicted octanol–water partition coefficient (Wildman–Crippen LogP) is 2.81. The third kappa shape index (κ3) is 5.01. The van der Waals surface area contributed by atoms with Crippen molar-refractivity contribution in [1.82, 2.24) is 10.3 Å². The van der Waals surface area contributed by atoms with Crippen LogP contribution in [-0.2, 0) is 4.74 Å². The van der Waals surface area contributed by atoms with Crippen LogP contribution in [0.25, 0.3) is 0 Å². The molecule has 1 rings (SSSR count). The summed E-state index contributed by atoms with van der Waals surface area (Å²) in [5, 5.41) is 8.13. The van der Waals surface area contributed by atoms with Gasteiger partial charge in [0.2, 0.25) is 0 Å². The summed E-state index contributed by atoms with van der Waals surface area (Å²) in [5.74, 6) is 0.432. The van der Waals surface area contributed by atoms with Gasteiger partial charge in [0.05, 0.1) is 5.69 Å². The molecule has 0 bridgehead atoms. The molecular formula is C12H21N3O2S. The second-order valence-corrected chi connectivity index (χ2v) is 4.97. The summed E-state index contributed by atoms with van der Waals surface area (Å²) in [6.07, 6.45) is 1.85. The number of nitrogens with zero attached hydrogens (tertiary/aromatic N) is 1. The number of rotatable bonds is 7. The van der Waals surface area contributed by atoms with Crippen molar-refractivity contribution >= 4 is 22.5 Å². The molecule has 1 unspecified atom stereocenters. The fraction of sp³-hybridized carbons (Fsp3) is 0.667. The number of methoxy groups -OCH3 is 1. The van der Waals surface area contributed by atoms with E-state index in [0.717, 1.165) is 18.5 Å². The van der Waals surface area contributed by atoms with Crippen molar-refractivity contribution in [3.8, 4) is 0 Å². The smallest absolute Gasteiger partial charge is 0.321 e. The van der Waals surface area contributed by atoms with E-state index in [1.54, 1.807) is 7.11 Å². The lowest BCUT2D eigenvalue weighted by Crippen LogP contribution is -2.30. The highest BCUT2D eigenvalue weighted by Crippen LogP contribution is 2.23. The first kappa shape index (κ1) is 14.9. The maximum atomic E-state index is 11.5. The van der Waals surface area contributed by atoms with E-state index in [1.165, 1.54) is 11.3 Å². The van der Waals surface area contributed by atoms with Gasteiger partial charge >= 0.3 is 6.03 Å². The minimum atomic E-state index is -0.212. The molecule has 0 radical (unpaired) electrons. The van der Waals surface area contributed by atoms with Crippen LogP contribution in [0.1, 0.15) is 38.3 Å². The number of carbonyl (C=O) groups is 1. The molecule has 102 valence electrons. The normalized spacial score (nSPS) is 12.2. The van der Waals surface area contributed by atoms with Crippen molar-refractivity contribution < 1.29 is 9.53 Å². The largest absolute Gasteiger partial charge is 0.385 e. The highest BCUT2D eigenvalue weighted by Gasteiger charge is 2.09. The van der Waals surface area contributed by atoms with Crippen LogP contribution in [0.2, 0.25) is 0 Å². The zero-order valence-corrected chi connectivity index (χ0v) is 12.0. The molecule has 2 amide bonds.